The maximum atomic E-state index is 13.6. The zero-order chi connectivity index (χ0) is 18.4. The minimum atomic E-state index is -0.142. The lowest BCUT2D eigenvalue weighted by atomic mass is 10.1. The van der Waals surface area contributed by atoms with E-state index in [4.69, 9.17) is 0 Å². The predicted molar refractivity (Wildman–Crippen MR) is 105 cm³/mol. The molecule has 0 saturated carbocycles. The van der Waals surface area contributed by atoms with Gasteiger partial charge >= 0.3 is 0 Å². The number of likely N-dealkylation sites (N-methyl/N-ethyl adjacent to an activating group) is 1. The first-order valence-electron chi connectivity index (χ1n) is 9.66. The predicted octanol–water partition coefficient (Wildman–Crippen LogP) is 3.19. The molecule has 2 aromatic carbocycles. The number of aromatic nitrogens is 2. The number of rotatable bonds is 3. The molecule has 1 atom stereocenters. The van der Waals surface area contributed by atoms with Crippen LogP contribution in [-0.2, 0) is 13.1 Å². The maximum absolute atomic E-state index is 13.6. The van der Waals surface area contributed by atoms with Gasteiger partial charge in [0.2, 0.25) is 0 Å². The number of para-hydroxylation sites is 1. The molecule has 5 rings (SSSR count). The van der Waals surface area contributed by atoms with Crippen molar-refractivity contribution >= 4 is 16.7 Å². The minimum Gasteiger partial charge on any atom is -0.350 e. The van der Waals surface area contributed by atoms with E-state index in [2.05, 4.69) is 50.0 Å². The van der Waals surface area contributed by atoms with Gasteiger partial charge in [-0.15, -0.1) is 0 Å². The number of hydrogen-bond acceptors (Lipinski definition) is 4. The molecule has 0 radical (unpaired) electrons. The zero-order valence-corrected chi connectivity index (χ0v) is 15.5. The molecular formula is C21H24FN5. The number of aromatic amines is 1. The van der Waals surface area contributed by atoms with Crippen molar-refractivity contribution in [2.24, 2.45) is 0 Å². The topological polar surface area (TPSA) is 38.4 Å². The first-order valence-corrected chi connectivity index (χ1v) is 9.66. The number of fused-ring (bicyclic) bond motifs is 2. The molecule has 1 unspecified atom stereocenters. The second-order valence-corrected chi connectivity index (χ2v) is 7.47. The van der Waals surface area contributed by atoms with Crippen LogP contribution in [0.15, 0.2) is 42.5 Å². The van der Waals surface area contributed by atoms with Gasteiger partial charge in [0.25, 0.3) is 0 Å². The molecule has 3 aromatic rings. The van der Waals surface area contributed by atoms with Crippen LogP contribution in [-0.4, -0.2) is 52.3 Å². The van der Waals surface area contributed by atoms with Crippen LogP contribution < -0.4 is 4.90 Å². The van der Waals surface area contributed by atoms with Gasteiger partial charge in [0.1, 0.15) is 5.82 Å². The molecule has 6 heteroatoms. The Morgan fingerprint density at radius 1 is 1.11 bits per heavy atom. The fraction of sp³-hybridized carbons (Fsp3) is 0.381. The number of nitrogens with one attached hydrogen (secondary N) is 1. The zero-order valence-electron chi connectivity index (χ0n) is 15.5. The van der Waals surface area contributed by atoms with Gasteiger partial charge in [-0.05, 0) is 41.9 Å². The molecule has 0 bridgehead atoms. The van der Waals surface area contributed by atoms with E-state index in [-0.39, 0.29) is 5.82 Å². The summed E-state index contributed by atoms with van der Waals surface area (Å²) in [5, 5.41) is 8.93. The highest BCUT2D eigenvalue weighted by Crippen LogP contribution is 2.30. The number of H-pyrrole nitrogens is 1. The monoisotopic (exact) mass is 365 g/mol. The highest BCUT2D eigenvalue weighted by molar-refractivity contribution is 5.90. The highest BCUT2D eigenvalue weighted by atomic mass is 19.1. The molecule has 5 nitrogen and oxygen atoms in total. The number of benzene rings is 2. The third-order valence-electron chi connectivity index (χ3n) is 5.95. The number of piperazine rings is 1. The van der Waals surface area contributed by atoms with Gasteiger partial charge in [0.05, 0.1) is 11.7 Å². The summed E-state index contributed by atoms with van der Waals surface area (Å²) in [5.74, 6) is 0.894. The highest BCUT2D eigenvalue weighted by Gasteiger charge is 2.35. The third kappa shape index (κ3) is 2.89. The number of hydrogen-bond donors (Lipinski definition) is 1. The Balaban J connectivity index is 1.41. The lowest BCUT2D eigenvalue weighted by Gasteiger charge is -2.45. The first kappa shape index (κ1) is 16.7. The molecule has 2 aliphatic heterocycles. The second kappa shape index (κ2) is 6.62. The summed E-state index contributed by atoms with van der Waals surface area (Å²) in [6.07, 6.45) is 0.301. The van der Waals surface area contributed by atoms with Crippen molar-refractivity contribution in [3.05, 3.63) is 59.4 Å². The lowest BCUT2D eigenvalue weighted by Crippen LogP contribution is -2.59. The third-order valence-corrected chi connectivity index (χ3v) is 5.95. The van der Waals surface area contributed by atoms with Crippen molar-refractivity contribution in [3.8, 4) is 0 Å². The van der Waals surface area contributed by atoms with Crippen LogP contribution in [0.25, 0.3) is 10.9 Å². The van der Waals surface area contributed by atoms with Crippen LogP contribution >= 0.6 is 0 Å². The van der Waals surface area contributed by atoms with Gasteiger partial charge in [-0.1, -0.05) is 25.1 Å². The summed E-state index contributed by atoms with van der Waals surface area (Å²) in [7, 11) is 0. The van der Waals surface area contributed by atoms with E-state index in [1.54, 1.807) is 12.1 Å². The van der Waals surface area contributed by atoms with Crippen molar-refractivity contribution in [2.75, 3.05) is 31.1 Å². The summed E-state index contributed by atoms with van der Waals surface area (Å²) >= 11 is 0. The molecule has 1 N–H and O–H groups in total. The van der Waals surface area contributed by atoms with E-state index in [0.717, 1.165) is 56.2 Å². The van der Waals surface area contributed by atoms with Crippen LogP contribution in [0.5, 0.6) is 0 Å². The van der Waals surface area contributed by atoms with Gasteiger partial charge < -0.3 is 4.90 Å². The summed E-state index contributed by atoms with van der Waals surface area (Å²) in [4.78, 5) is 7.38. The molecule has 1 saturated heterocycles. The van der Waals surface area contributed by atoms with E-state index in [1.165, 1.54) is 10.9 Å². The molecular weight excluding hydrogens is 341 g/mol. The molecule has 140 valence electrons. The smallest absolute Gasteiger partial charge is 0.158 e. The van der Waals surface area contributed by atoms with Crippen molar-refractivity contribution in [3.63, 3.8) is 0 Å². The Morgan fingerprint density at radius 2 is 1.96 bits per heavy atom. The second-order valence-electron chi connectivity index (χ2n) is 7.47. The van der Waals surface area contributed by atoms with Gasteiger partial charge in [0, 0.05) is 38.1 Å². The standard InChI is InChI=1S/C21H24FN5/c1-2-25-9-10-26(21-18-5-3-4-6-19(18)23-24-21)14-20(25)27-12-15-7-8-17(22)11-16(15)13-27/h3-8,11,20H,2,9-10,12-14H2,1H3,(H,23,24). The average Bonchev–Trinajstić information content (AvgIpc) is 3.31. The van der Waals surface area contributed by atoms with Crippen LogP contribution in [0.1, 0.15) is 18.1 Å². The van der Waals surface area contributed by atoms with E-state index in [1.807, 2.05) is 12.1 Å². The van der Waals surface area contributed by atoms with Gasteiger partial charge in [-0.25, -0.2) is 4.39 Å². The Morgan fingerprint density at radius 3 is 2.85 bits per heavy atom. The first-order chi connectivity index (χ1) is 13.2. The van der Waals surface area contributed by atoms with Crippen molar-refractivity contribution in [1.82, 2.24) is 20.0 Å². The van der Waals surface area contributed by atoms with Gasteiger partial charge in [0.15, 0.2) is 5.82 Å². The van der Waals surface area contributed by atoms with E-state index in [0.29, 0.717) is 6.17 Å². The number of halogens is 1. The van der Waals surface area contributed by atoms with E-state index >= 15 is 0 Å². The number of nitrogens with zero attached hydrogens (tertiary/aromatic N) is 4. The maximum Gasteiger partial charge on any atom is 0.158 e. The quantitative estimate of drug-likeness (QED) is 0.774. The van der Waals surface area contributed by atoms with Crippen LogP contribution in [0.3, 0.4) is 0 Å². The molecule has 27 heavy (non-hydrogen) atoms. The number of anilines is 1. The van der Waals surface area contributed by atoms with Crippen LogP contribution in [0, 0.1) is 5.82 Å². The fourth-order valence-electron chi connectivity index (χ4n) is 4.50. The SMILES string of the molecule is CCN1CCN(c2n[nH]c3ccccc23)CC1N1Cc2ccc(F)cc2C1. The molecule has 1 aromatic heterocycles. The summed E-state index contributed by atoms with van der Waals surface area (Å²) < 4.78 is 13.6. The van der Waals surface area contributed by atoms with Gasteiger partial charge in [-0.2, -0.15) is 5.10 Å². The van der Waals surface area contributed by atoms with Crippen LogP contribution in [0.4, 0.5) is 10.2 Å². The summed E-state index contributed by atoms with van der Waals surface area (Å²) in [6.45, 7) is 7.79. The Kier molecular flexibility index (Phi) is 4.10. The molecule has 0 aliphatic carbocycles. The average molecular weight is 365 g/mol. The summed E-state index contributed by atoms with van der Waals surface area (Å²) in [6, 6.07) is 13.5. The molecule has 3 heterocycles. The fourth-order valence-corrected chi connectivity index (χ4v) is 4.50. The summed E-state index contributed by atoms with van der Waals surface area (Å²) in [5.41, 5.74) is 3.44. The van der Waals surface area contributed by atoms with Crippen molar-refractivity contribution < 1.29 is 4.39 Å². The van der Waals surface area contributed by atoms with E-state index in [9.17, 15) is 4.39 Å². The minimum absolute atomic E-state index is 0.142. The largest absolute Gasteiger partial charge is 0.350 e. The van der Waals surface area contributed by atoms with E-state index < -0.39 is 0 Å². The van der Waals surface area contributed by atoms with Gasteiger partial charge in [-0.3, -0.25) is 14.9 Å². The molecule has 0 spiro atoms. The van der Waals surface area contributed by atoms with Crippen LogP contribution in [0.2, 0.25) is 0 Å². The molecule has 0 amide bonds. The normalized spacial score (nSPS) is 21.1. The Labute approximate surface area is 158 Å². The van der Waals surface area contributed by atoms with Crippen molar-refractivity contribution in [1.29, 1.82) is 0 Å². The van der Waals surface area contributed by atoms with Crippen molar-refractivity contribution in [2.45, 2.75) is 26.2 Å². The molecule has 2 aliphatic rings. The Hall–Kier alpha value is -2.44. The lowest BCUT2D eigenvalue weighted by molar-refractivity contribution is 0.0339. The molecule has 1 fully saturated rings. The Bertz CT molecular complexity index is 968.